The van der Waals surface area contributed by atoms with Gasteiger partial charge < -0.3 is 4.48 Å². The Hall–Kier alpha value is -0.0400. The molecule has 0 aromatic rings. The van der Waals surface area contributed by atoms with Gasteiger partial charge in [0.05, 0.1) is 26.7 Å². The summed E-state index contributed by atoms with van der Waals surface area (Å²) in [6, 6.07) is 0.744. The van der Waals surface area contributed by atoms with E-state index in [1.165, 1.54) is 13.0 Å². The van der Waals surface area contributed by atoms with Crippen molar-refractivity contribution >= 4 is 0 Å². The Morgan fingerprint density at radius 2 is 1.45 bits per heavy atom. The zero-order valence-corrected chi connectivity index (χ0v) is 9.02. The van der Waals surface area contributed by atoms with Crippen LogP contribution in [-0.4, -0.2) is 31.2 Å². The molecular formula is C10H24N+. The van der Waals surface area contributed by atoms with E-state index in [9.17, 15) is 0 Å². The predicted molar refractivity (Wildman–Crippen MR) is 51.6 cm³/mol. The fraction of sp³-hybridized carbons (Fsp3) is 1.00. The SMILES string of the molecule is CC(C)CC[N+](C)(C)C(C)C. The maximum Gasteiger partial charge on any atom is 0.0829 e. The van der Waals surface area contributed by atoms with Crippen molar-refractivity contribution in [2.45, 2.75) is 40.2 Å². The molecule has 0 aliphatic carbocycles. The van der Waals surface area contributed by atoms with Crippen molar-refractivity contribution < 1.29 is 4.48 Å². The molecule has 11 heavy (non-hydrogen) atoms. The molecule has 1 nitrogen and oxygen atoms in total. The average Bonchev–Trinajstić information content (AvgIpc) is 1.84. The zero-order valence-electron chi connectivity index (χ0n) is 9.02. The van der Waals surface area contributed by atoms with Gasteiger partial charge in [0.25, 0.3) is 0 Å². The Balaban J connectivity index is 3.73. The lowest BCUT2D eigenvalue weighted by molar-refractivity contribution is -0.911. The molecule has 0 rings (SSSR count). The largest absolute Gasteiger partial charge is 0.327 e. The van der Waals surface area contributed by atoms with E-state index < -0.39 is 0 Å². The molecule has 0 saturated carbocycles. The van der Waals surface area contributed by atoms with Crippen LogP contribution < -0.4 is 0 Å². The normalized spacial score (nSPS) is 13.1. The minimum atomic E-state index is 0.744. The summed E-state index contributed by atoms with van der Waals surface area (Å²) < 4.78 is 1.15. The van der Waals surface area contributed by atoms with Gasteiger partial charge in [-0.25, -0.2) is 0 Å². The van der Waals surface area contributed by atoms with Crippen LogP contribution in [0.1, 0.15) is 34.1 Å². The molecular weight excluding hydrogens is 134 g/mol. The standard InChI is InChI=1S/C10H24N/c1-9(2)7-8-11(5,6)10(3)4/h9-10H,7-8H2,1-6H3/q+1. The fourth-order valence-corrected chi connectivity index (χ4v) is 0.849. The second-order valence-corrected chi connectivity index (χ2v) is 4.78. The van der Waals surface area contributed by atoms with E-state index >= 15 is 0 Å². The summed E-state index contributed by atoms with van der Waals surface area (Å²) in [7, 11) is 4.63. The maximum absolute atomic E-state index is 2.31. The number of quaternary nitrogens is 1. The van der Waals surface area contributed by atoms with Gasteiger partial charge in [-0.05, 0) is 26.2 Å². The second-order valence-electron chi connectivity index (χ2n) is 4.78. The van der Waals surface area contributed by atoms with Gasteiger partial charge in [-0.3, -0.25) is 0 Å². The first-order chi connectivity index (χ1) is 4.86. The Labute approximate surface area is 72.0 Å². The van der Waals surface area contributed by atoms with Crippen LogP contribution in [0, 0.1) is 5.92 Å². The average molecular weight is 158 g/mol. The molecule has 0 aromatic carbocycles. The lowest BCUT2D eigenvalue weighted by Crippen LogP contribution is -2.46. The van der Waals surface area contributed by atoms with Crippen molar-refractivity contribution in [1.29, 1.82) is 0 Å². The van der Waals surface area contributed by atoms with Crippen LogP contribution >= 0.6 is 0 Å². The number of hydrogen-bond acceptors (Lipinski definition) is 0. The van der Waals surface area contributed by atoms with Crippen LogP contribution in [0.3, 0.4) is 0 Å². The molecule has 0 bridgehead atoms. The van der Waals surface area contributed by atoms with Crippen LogP contribution in [0.5, 0.6) is 0 Å². The highest BCUT2D eigenvalue weighted by molar-refractivity contribution is 4.46. The van der Waals surface area contributed by atoms with Crippen molar-refractivity contribution in [3.05, 3.63) is 0 Å². The van der Waals surface area contributed by atoms with E-state index in [0.717, 1.165) is 16.4 Å². The Morgan fingerprint density at radius 1 is 1.00 bits per heavy atom. The molecule has 0 fully saturated rings. The summed E-state index contributed by atoms with van der Waals surface area (Å²) in [5.41, 5.74) is 0. The summed E-state index contributed by atoms with van der Waals surface area (Å²) in [5.74, 6) is 0.839. The molecule has 0 amide bonds. The third kappa shape index (κ3) is 4.41. The molecule has 1 heteroatoms. The molecule has 0 aromatic heterocycles. The van der Waals surface area contributed by atoms with E-state index in [1.807, 2.05) is 0 Å². The Kier molecular flexibility index (Phi) is 4.09. The molecule has 0 N–H and O–H groups in total. The van der Waals surface area contributed by atoms with Gasteiger partial charge in [0.2, 0.25) is 0 Å². The van der Waals surface area contributed by atoms with Crippen molar-refractivity contribution in [3.63, 3.8) is 0 Å². The fourth-order valence-electron chi connectivity index (χ4n) is 0.849. The minimum Gasteiger partial charge on any atom is -0.327 e. The van der Waals surface area contributed by atoms with Crippen molar-refractivity contribution in [2.24, 2.45) is 5.92 Å². The molecule has 0 unspecified atom stereocenters. The first-order valence-corrected chi connectivity index (χ1v) is 4.69. The topological polar surface area (TPSA) is 0 Å². The molecule has 0 atom stereocenters. The van der Waals surface area contributed by atoms with Crippen molar-refractivity contribution in [3.8, 4) is 0 Å². The lowest BCUT2D eigenvalue weighted by Gasteiger charge is -2.34. The van der Waals surface area contributed by atoms with E-state index in [1.54, 1.807) is 0 Å². The summed E-state index contributed by atoms with van der Waals surface area (Å²) in [5, 5.41) is 0. The highest BCUT2D eigenvalue weighted by Gasteiger charge is 2.18. The van der Waals surface area contributed by atoms with Gasteiger partial charge in [-0.15, -0.1) is 0 Å². The van der Waals surface area contributed by atoms with Gasteiger partial charge in [0.15, 0.2) is 0 Å². The third-order valence-corrected chi connectivity index (χ3v) is 2.68. The highest BCUT2D eigenvalue weighted by Crippen LogP contribution is 2.10. The lowest BCUT2D eigenvalue weighted by atomic mass is 10.1. The predicted octanol–water partition coefficient (Wildman–Crippen LogP) is 2.52. The quantitative estimate of drug-likeness (QED) is 0.552. The van der Waals surface area contributed by atoms with Gasteiger partial charge in [0, 0.05) is 0 Å². The summed E-state index contributed by atoms with van der Waals surface area (Å²) in [4.78, 5) is 0. The summed E-state index contributed by atoms with van der Waals surface area (Å²) in [6.45, 7) is 10.5. The zero-order chi connectivity index (χ0) is 9.07. The van der Waals surface area contributed by atoms with Gasteiger partial charge in [0.1, 0.15) is 0 Å². The summed E-state index contributed by atoms with van der Waals surface area (Å²) in [6.07, 6.45) is 1.34. The first-order valence-electron chi connectivity index (χ1n) is 4.69. The molecule has 0 aliphatic heterocycles. The van der Waals surface area contributed by atoms with E-state index in [-0.39, 0.29) is 0 Å². The summed E-state index contributed by atoms with van der Waals surface area (Å²) >= 11 is 0. The van der Waals surface area contributed by atoms with Gasteiger partial charge in [-0.2, -0.15) is 0 Å². The maximum atomic E-state index is 2.31. The second kappa shape index (κ2) is 4.10. The van der Waals surface area contributed by atoms with Crippen LogP contribution in [0.2, 0.25) is 0 Å². The van der Waals surface area contributed by atoms with Crippen LogP contribution in [0.15, 0.2) is 0 Å². The smallest absolute Gasteiger partial charge is 0.0829 e. The Morgan fingerprint density at radius 3 is 1.73 bits per heavy atom. The van der Waals surface area contributed by atoms with E-state index in [0.29, 0.717) is 0 Å². The first kappa shape index (κ1) is 11.0. The van der Waals surface area contributed by atoms with Gasteiger partial charge >= 0.3 is 0 Å². The van der Waals surface area contributed by atoms with Crippen LogP contribution in [0.25, 0.3) is 0 Å². The molecule has 0 spiro atoms. The van der Waals surface area contributed by atoms with Crippen molar-refractivity contribution in [2.75, 3.05) is 20.6 Å². The molecule has 68 valence electrons. The van der Waals surface area contributed by atoms with E-state index in [4.69, 9.17) is 0 Å². The van der Waals surface area contributed by atoms with Crippen LogP contribution in [0.4, 0.5) is 0 Å². The number of hydrogen-bond donors (Lipinski definition) is 0. The molecule has 0 heterocycles. The molecule has 0 saturated heterocycles. The van der Waals surface area contributed by atoms with Crippen molar-refractivity contribution in [1.82, 2.24) is 0 Å². The van der Waals surface area contributed by atoms with Crippen LogP contribution in [-0.2, 0) is 0 Å². The Bertz CT molecular complexity index is 103. The molecule has 0 radical (unpaired) electrons. The number of nitrogens with zero attached hydrogens (tertiary/aromatic N) is 1. The third-order valence-electron chi connectivity index (χ3n) is 2.68. The monoisotopic (exact) mass is 158 g/mol. The molecule has 0 aliphatic rings. The van der Waals surface area contributed by atoms with E-state index in [2.05, 4.69) is 41.8 Å². The highest BCUT2D eigenvalue weighted by atomic mass is 15.3. The van der Waals surface area contributed by atoms with Gasteiger partial charge in [-0.1, -0.05) is 13.8 Å². The number of rotatable bonds is 4. The minimum absolute atomic E-state index is 0.744.